The minimum atomic E-state index is 0.325. The van der Waals surface area contributed by atoms with Gasteiger partial charge in [-0.15, -0.1) is 11.3 Å². The summed E-state index contributed by atoms with van der Waals surface area (Å²) in [5.41, 5.74) is 0.325. The second-order valence-electron chi connectivity index (χ2n) is 6.32. The lowest BCUT2D eigenvalue weighted by molar-refractivity contribution is -0.149. The first-order valence-corrected chi connectivity index (χ1v) is 7.83. The number of hydrogen-bond donors (Lipinski definition) is 0. The van der Waals surface area contributed by atoms with Crippen molar-refractivity contribution >= 4 is 11.3 Å². The van der Waals surface area contributed by atoms with Crippen molar-refractivity contribution in [2.45, 2.75) is 38.8 Å². The van der Waals surface area contributed by atoms with Gasteiger partial charge in [-0.05, 0) is 31.3 Å². The molecule has 1 saturated carbocycles. The van der Waals surface area contributed by atoms with Crippen LogP contribution >= 0.6 is 11.3 Å². The van der Waals surface area contributed by atoms with E-state index in [4.69, 9.17) is 4.74 Å². The van der Waals surface area contributed by atoms with Crippen molar-refractivity contribution in [2.24, 2.45) is 11.3 Å². The van der Waals surface area contributed by atoms with Gasteiger partial charge in [0, 0.05) is 35.4 Å². The molecule has 1 aliphatic heterocycles. The molecule has 1 aliphatic carbocycles. The Morgan fingerprint density at radius 1 is 1.50 bits per heavy atom. The topological polar surface area (TPSA) is 12.5 Å². The average molecular weight is 265 g/mol. The molecule has 1 aromatic rings. The van der Waals surface area contributed by atoms with Crippen LogP contribution in [0.2, 0.25) is 0 Å². The summed E-state index contributed by atoms with van der Waals surface area (Å²) in [6.45, 7) is 6.86. The fourth-order valence-corrected chi connectivity index (χ4v) is 4.77. The van der Waals surface area contributed by atoms with E-state index in [-0.39, 0.29) is 0 Å². The van der Waals surface area contributed by atoms with E-state index in [1.807, 2.05) is 11.3 Å². The van der Waals surface area contributed by atoms with E-state index in [1.54, 1.807) is 0 Å². The zero-order chi connectivity index (χ0) is 12.8. The van der Waals surface area contributed by atoms with Gasteiger partial charge in [0.25, 0.3) is 0 Å². The summed E-state index contributed by atoms with van der Waals surface area (Å²) in [6.07, 6.45) is 2.94. The van der Waals surface area contributed by atoms with Crippen LogP contribution in [0.5, 0.6) is 0 Å². The molecule has 1 saturated heterocycles. The molecule has 18 heavy (non-hydrogen) atoms. The summed E-state index contributed by atoms with van der Waals surface area (Å²) < 4.78 is 5.87. The Kier molecular flexibility index (Phi) is 3.25. The molecule has 0 radical (unpaired) electrons. The average Bonchev–Trinajstić information content (AvgIpc) is 2.95. The molecule has 3 unspecified atom stereocenters. The zero-order valence-electron chi connectivity index (χ0n) is 11.6. The van der Waals surface area contributed by atoms with Crippen LogP contribution in [0.4, 0.5) is 0 Å². The lowest BCUT2D eigenvalue weighted by Crippen LogP contribution is -2.66. The number of thiophene rings is 1. The molecule has 0 bridgehead atoms. The Labute approximate surface area is 114 Å². The maximum absolute atomic E-state index is 5.87. The smallest absolute Gasteiger partial charge is 0.0685 e. The summed E-state index contributed by atoms with van der Waals surface area (Å²) in [5, 5.41) is 2.17. The largest absolute Gasteiger partial charge is 0.377 e. The number of fused-ring (bicyclic) bond motifs is 1. The summed E-state index contributed by atoms with van der Waals surface area (Å²) >= 11 is 1.87. The van der Waals surface area contributed by atoms with Gasteiger partial charge in [-0.2, -0.15) is 0 Å². The van der Waals surface area contributed by atoms with Crippen molar-refractivity contribution in [3.63, 3.8) is 0 Å². The highest BCUT2D eigenvalue weighted by molar-refractivity contribution is 7.09. The lowest BCUT2D eigenvalue weighted by atomic mass is 9.57. The first kappa shape index (κ1) is 12.6. The highest BCUT2D eigenvalue weighted by Crippen LogP contribution is 2.54. The molecule has 2 fully saturated rings. The van der Waals surface area contributed by atoms with Crippen LogP contribution in [0.25, 0.3) is 0 Å². The molecule has 1 aromatic heterocycles. The van der Waals surface area contributed by atoms with Gasteiger partial charge in [-0.25, -0.2) is 0 Å². The first-order chi connectivity index (χ1) is 8.60. The van der Waals surface area contributed by atoms with Gasteiger partial charge >= 0.3 is 0 Å². The van der Waals surface area contributed by atoms with E-state index in [0.29, 0.717) is 17.6 Å². The van der Waals surface area contributed by atoms with Crippen molar-refractivity contribution in [1.82, 2.24) is 4.90 Å². The molecule has 2 nitrogen and oxygen atoms in total. The normalized spacial score (nSPS) is 33.4. The second-order valence-corrected chi connectivity index (χ2v) is 7.35. The van der Waals surface area contributed by atoms with E-state index >= 15 is 0 Å². The Morgan fingerprint density at radius 3 is 3.06 bits per heavy atom. The predicted octanol–water partition coefficient (Wildman–Crippen LogP) is 3.04. The monoisotopic (exact) mass is 265 g/mol. The van der Waals surface area contributed by atoms with Gasteiger partial charge in [-0.1, -0.05) is 19.9 Å². The molecule has 0 spiro atoms. The fraction of sp³-hybridized carbons (Fsp3) is 0.733. The van der Waals surface area contributed by atoms with E-state index in [1.165, 1.54) is 17.7 Å². The highest BCUT2D eigenvalue weighted by Gasteiger charge is 2.60. The number of nitrogens with zero attached hydrogens (tertiary/aromatic N) is 1. The van der Waals surface area contributed by atoms with Gasteiger partial charge in [0.2, 0.25) is 0 Å². The molecule has 3 atom stereocenters. The van der Waals surface area contributed by atoms with Gasteiger partial charge in [0.05, 0.1) is 6.10 Å². The summed E-state index contributed by atoms with van der Waals surface area (Å²) in [6, 6.07) is 5.09. The number of hydrogen-bond acceptors (Lipinski definition) is 3. The SMILES string of the molecule is CN(CCc1cccs1)C1C2CCOC2C1(C)C. The van der Waals surface area contributed by atoms with Crippen molar-refractivity contribution in [2.75, 3.05) is 20.2 Å². The quantitative estimate of drug-likeness (QED) is 0.829. The number of likely N-dealkylation sites (N-methyl/N-ethyl adjacent to an activating group) is 1. The molecular weight excluding hydrogens is 242 g/mol. The van der Waals surface area contributed by atoms with Crippen molar-refractivity contribution in [3.05, 3.63) is 22.4 Å². The third-order valence-corrected chi connectivity index (χ3v) is 5.74. The second kappa shape index (κ2) is 4.62. The van der Waals surface area contributed by atoms with E-state index in [9.17, 15) is 0 Å². The molecule has 0 aromatic carbocycles. The van der Waals surface area contributed by atoms with Crippen LogP contribution in [0.15, 0.2) is 17.5 Å². The minimum Gasteiger partial charge on any atom is -0.377 e. The standard InChI is InChI=1S/C15H23NOS/c1-15(2)13(12-7-9-17-14(12)15)16(3)8-6-11-5-4-10-18-11/h4-5,10,12-14H,6-9H2,1-3H3. The summed E-state index contributed by atoms with van der Waals surface area (Å²) in [7, 11) is 2.29. The molecule has 0 amide bonds. The van der Waals surface area contributed by atoms with Crippen LogP contribution in [0.3, 0.4) is 0 Å². The number of rotatable bonds is 4. The maximum atomic E-state index is 5.87. The summed E-state index contributed by atoms with van der Waals surface area (Å²) in [4.78, 5) is 4.06. The Bertz CT molecular complexity index is 401. The first-order valence-electron chi connectivity index (χ1n) is 6.95. The van der Waals surface area contributed by atoms with E-state index in [0.717, 1.165) is 19.1 Å². The Balaban J connectivity index is 1.60. The van der Waals surface area contributed by atoms with Crippen LogP contribution in [-0.2, 0) is 11.2 Å². The number of ether oxygens (including phenoxy) is 1. The molecule has 100 valence electrons. The third kappa shape index (κ3) is 1.93. The maximum Gasteiger partial charge on any atom is 0.0685 e. The molecule has 0 N–H and O–H groups in total. The van der Waals surface area contributed by atoms with Crippen LogP contribution in [0.1, 0.15) is 25.1 Å². The van der Waals surface area contributed by atoms with Gasteiger partial charge < -0.3 is 9.64 Å². The Hall–Kier alpha value is -0.380. The molecule has 2 heterocycles. The third-order valence-electron chi connectivity index (χ3n) is 4.80. The predicted molar refractivity (Wildman–Crippen MR) is 76.1 cm³/mol. The molecule has 3 rings (SSSR count). The lowest BCUT2D eigenvalue weighted by Gasteiger charge is -2.58. The van der Waals surface area contributed by atoms with Crippen LogP contribution < -0.4 is 0 Å². The van der Waals surface area contributed by atoms with Crippen molar-refractivity contribution in [3.8, 4) is 0 Å². The van der Waals surface area contributed by atoms with Gasteiger partial charge in [0.1, 0.15) is 0 Å². The van der Waals surface area contributed by atoms with Crippen molar-refractivity contribution < 1.29 is 4.74 Å². The molecule has 3 heteroatoms. The molecule has 2 aliphatic rings. The Morgan fingerprint density at radius 2 is 2.33 bits per heavy atom. The molecular formula is C15H23NOS. The van der Waals surface area contributed by atoms with Crippen LogP contribution in [-0.4, -0.2) is 37.2 Å². The minimum absolute atomic E-state index is 0.325. The van der Waals surface area contributed by atoms with E-state index in [2.05, 4.69) is 43.3 Å². The van der Waals surface area contributed by atoms with Crippen LogP contribution in [0, 0.1) is 11.3 Å². The summed E-state index contributed by atoms with van der Waals surface area (Å²) in [5.74, 6) is 0.772. The van der Waals surface area contributed by atoms with E-state index < -0.39 is 0 Å². The fourth-order valence-electron chi connectivity index (χ4n) is 4.07. The van der Waals surface area contributed by atoms with Crippen molar-refractivity contribution in [1.29, 1.82) is 0 Å². The highest BCUT2D eigenvalue weighted by atomic mass is 32.1. The zero-order valence-corrected chi connectivity index (χ0v) is 12.4. The van der Waals surface area contributed by atoms with Gasteiger partial charge in [-0.3, -0.25) is 0 Å². The van der Waals surface area contributed by atoms with Gasteiger partial charge in [0.15, 0.2) is 0 Å².